The first-order valence-electron chi connectivity index (χ1n) is 0.908. The van der Waals surface area contributed by atoms with Gasteiger partial charge in [0.05, 0.1) is 0 Å². The molecule has 4 heteroatoms. The van der Waals surface area contributed by atoms with Gasteiger partial charge in [-0.3, -0.25) is 0 Å². The summed E-state index contributed by atoms with van der Waals surface area (Å²) in [4.78, 5) is 8.89. The van der Waals surface area contributed by atoms with E-state index in [-0.39, 0.29) is 93.1 Å². The molecular weight excluding hydrogens is 235 g/mol. The first-order chi connectivity index (χ1) is 1.73. The first-order valence-corrected chi connectivity index (χ1v) is 0.908. The maximum Gasteiger partial charge on any atom is 3.00 e. The summed E-state index contributed by atoms with van der Waals surface area (Å²) in [5.41, 5.74) is 0. The third-order valence-corrected chi connectivity index (χ3v) is 0. The van der Waals surface area contributed by atoms with Crippen LogP contribution in [0.5, 0.6) is 0 Å². The molecule has 2 nitrogen and oxygen atoms in total. The van der Waals surface area contributed by atoms with Crippen molar-refractivity contribution >= 4 is 5.97 Å². The van der Waals surface area contributed by atoms with Gasteiger partial charge in [0.25, 0.3) is 0 Å². The maximum absolute atomic E-state index is 8.89. The fraction of sp³-hybridized carbons (Fsp3) is 0.500. The number of carbonyl (C=O) groups excluding carboxylic acids is 1. The van der Waals surface area contributed by atoms with Crippen molar-refractivity contribution in [2.45, 2.75) is 6.92 Å². The molecule has 0 rings (SSSR count). The number of carboxylic acids is 1. The second-order valence-electron chi connectivity index (χ2n) is 0.492. The Bertz CT molecular complexity index is 34.5. The number of carbonyl (C=O) groups is 1. The molecule has 0 aromatic rings. The molecule has 0 aromatic heterocycles. The van der Waals surface area contributed by atoms with Crippen LogP contribution >= 0.6 is 0 Å². The van der Waals surface area contributed by atoms with Gasteiger partial charge in [-0.1, -0.05) is 0 Å². The van der Waals surface area contributed by atoms with Crippen molar-refractivity contribution in [2.24, 2.45) is 0 Å². The van der Waals surface area contributed by atoms with E-state index in [1.54, 1.807) is 0 Å². The molecule has 0 saturated carbocycles. The molecule has 0 aliphatic rings. The van der Waals surface area contributed by atoms with Crippen molar-refractivity contribution in [3.63, 3.8) is 0 Å². The summed E-state index contributed by atoms with van der Waals surface area (Å²) in [5.74, 6) is -1.08. The number of rotatable bonds is 0. The van der Waals surface area contributed by atoms with Gasteiger partial charge in [0.1, 0.15) is 0 Å². The van der Waals surface area contributed by atoms with E-state index in [0.717, 1.165) is 6.92 Å². The van der Waals surface area contributed by atoms with Gasteiger partial charge < -0.3 is 9.90 Å². The topological polar surface area (TPSA) is 40.1 Å². The summed E-state index contributed by atoms with van der Waals surface area (Å²) in [5, 5.41) is 8.89. The van der Waals surface area contributed by atoms with Crippen LogP contribution in [-0.2, 0) is 4.79 Å². The Balaban J connectivity index is -0.0000000450. The van der Waals surface area contributed by atoms with Gasteiger partial charge in [0.2, 0.25) is 0 Å². The summed E-state index contributed by atoms with van der Waals surface area (Å²) in [6.07, 6.45) is 0. The Hall–Kier alpha value is 2.48. The van der Waals surface area contributed by atoms with Crippen LogP contribution in [0.2, 0.25) is 0 Å². The van der Waals surface area contributed by atoms with Gasteiger partial charge in [0.15, 0.2) is 0 Å². The van der Waals surface area contributed by atoms with Crippen molar-refractivity contribution in [3.05, 3.63) is 0 Å². The van der Waals surface area contributed by atoms with Crippen LogP contribution in [-0.4, -0.2) is 5.97 Å². The average molecular weight is 238 g/mol. The fourth-order valence-corrected chi connectivity index (χ4v) is 0. The Morgan fingerprint density at radius 3 is 1.67 bits per heavy atom. The molecule has 0 aliphatic heterocycles. The molecule has 0 unspecified atom stereocenters. The predicted octanol–water partition coefficient (Wildman–Crippen LogP) is -4.24. The minimum absolute atomic E-state index is 0. The van der Waals surface area contributed by atoms with E-state index in [4.69, 9.17) is 9.90 Å². The number of aliphatic carboxylic acids is 1. The van der Waals surface area contributed by atoms with E-state index in [9.17, 15) is 0 Å². The number of carboxylic acid groups (broad SMARTS) is 1. The van der Waals surface area contributed by atoms with E-state index in [2.05, 4.69) is 0 Å². The molecule has 0 saturated heterocycles. The van der Waals surface area contributed by atoms with Crippen LogP contribution < -0.4 is 56.5 Å². The first kappa shape index (κ1) is 15.8. The fourth-order valence-electron chi connectivity index (χ4n) is 0. The van der Waals surface area contributed by atoms with Crippen LogP contribution in [0, 0.1) is 41.7 Å². The molecule has 0 amide bonds. The monoisotopic (exact) mass is 238 g/mol. The molecule has 0 bridgehead atoms. The van der Waals surface area contributed by atoms with Crippen molar-refractivity contribution in [3.8, 4) is 0 Å². The Morgan fingerprint density at radius 1 is 1.67 bits per heavy atom. The third-order valence-electron chi connectivity index (χ3n) is 0. The summed E-state index contributed by atoms with van der Waals surface area (Å²) >= 11 is 0. The summed E-state index contributed by atoms with van der Waals surface area (Å²) in [6.45, 7) is 0.972. The second kappa shape index (κ2) is 10.5. The van der Waals surface area contributed by atoms with Crippen LogP contribution in [0.15, 0.2) is 0 Å². The predicted molar refractivity (Wildman–Crippen MR) is 10.7 cm³/mol. The van der Waals surface area contributed by atoms with E-state index in [0.29, 0.717) is 0 Å². The van der Waals surface area contributed by atoms with Crippen molar-refractivity contribution < 1.29 is 103 Å². The zero-order valence-electron chi connectivity index (χ0n) is 3.82. The normalized spacial score (nSPS) is 4.17. The minimum Gasteiger partial charge on any atom is -0.550 e. The Morgan fingerprint density at radius 2 is 1.67 bits per heavy atom. The van der Waals surface area contributed by atoms with Gasteiger partial charge in [-0.2, -0.15) is 0 Å². The Kier molecular flexibility index (Phi) is 27.5. The van der Waals surface area contributed by atoms with E-state index in [1.807, 2.05) is 0 Å². The molecule has 0 atom stereocenters. The van der Waals surface area contributed by atoms with Gasteiger partial charge in [-0.05, 0) is 6.92 Å². The largest absolute Gasteiger partial charge is 3.00 e. The maximum atomic E-state index is 8.89. The Labute approximate surface area is 113 Å². The second-order valence-corrected chi connectivity index (χ2v) is 0.492. The minimum atomic E-state index is -1.08. The van der Waals surface area contributed by atoms with Gasteiger partial charge in [-0.25, -0.2) is 0 Å². The van der Waals surface area contributed by atoms with Crippen molar-refractivity contribution in [2.75, 3.05) is 0 Å². The van der Waals surface area contributed by atoms with Crippen LogP contribution in [0.3, 0.4) is 0 Å². The van der Waals surface area contributed by atoms with E-state index < -0.39 is 5.97 Å². The molecule has 0 aromatic carbocycles. The van der Waals surface area contributed by atoms with Gasteiger partial charge >= 0.3 is 93.1 Å². The molecule has 0 fully saturated rings. The zero-order chi connectivity index (χ0) is 3.58. The number of hydrogen-bond acceptors (Lipinski definition) is 2. The van der Waals surface area contributed by atoms with Crippen LogP contribution in [0.4, 0.5) is 0 Å². The van der Waals surface area contributed by atoms with E-state index in [1.165, 1.54) is 0 Å². The molecule has 0 N–H and O–H groups in total. The molecule has 0 spiro atoms. The molecule has 1 radical (unpaired) electrons. The summed E-state index contributed by atoms with van der Waals surface area (Å²) in [6, 6.07) is 0. The quantitative estimate of drug-likeness (QED) is 0.401. The van der Waals surface area contributed by atoms with Crippen LogP contribution in [0.25, 0.3) is 0 Å². The van der Waals surface area contributed by atoms with Crippen LogP contribution in [0.1, 0.15) is 6.92 Å². The summed E-state index contributed by atoms with van der Waals surface area (Å²) in [7, 11) is 0. The molecular formula is C2H3CeKO2+3. The molecule has 6 heavy (non-hydrogen) atoms. The summed E-state index contributed by atoms with van der Waals surface area (Å²) < 4.78 is 0. The average Bonchev–Trinajstić information content (AvgIpc) is 0.811. The standard InChI is InChI=1S/C2H4O2.Ce.K/c1-2(3)4;;/h1H3,(H,3,4);;/q;+3;+1/p-1. The van der Waals surface area contributed by atoms with Crippen molar-refractivity contribution in [1.82, 2.24) is 0 Å². The van der Waals surface area contributed by atoms with E-state index >= 15 is 0 Å². The SMILES string of the molecule is CC(=O)[O-].[Ce+3].[K+]. The zero-order valence-corrected chi connectivity index (χ0v) is 10.1. The smallest absolute Gasteiger partial charge is 0.550 e. The molecule has 0 aliphatic carbocycles. The van der Waals surface area contributed by atoms with Gasteiger partial charge in [0, 0.05) is 5.97 Å². The van der Waals surface area contributed by atoms with Crippen molar-refractivity contribution in [1.29, 1.82) is 0 Å². The van der Waals surface area contributed by atoms with Gasteiger partial charge in [-0.15, -0.1) is 0 Å². The number of hydrogen-bond donors (Lipinski definition) is 0. The third kappa shape index (κ3) is 31.6. The molecule has 25 valence electrons. The molecule has 0 heterocycles.